The molecule has 0 saturated carbocycles. The first-order chi connectivity index (χ1) is 4.72. The molecule has 0 aliphatic carbocycles. The number of hydrogen-bond acceptors (Lipinski definition) is 2. The van der Waals surface area contributed by atoms with Gasteiger partial charge in [-0.25, -0.2) is 4.79 Å². The third-order valence-electron chi connectivity index (χ3n) is 1.93. The lowest BCUT2D eigenvalue weighted by Crippen LogP contribution is -2.41. The highest BCUT2D eigenvalue weighted by atomic mass is 35.5. The summed E-state index contributed by atoms with van der Waals surface area (Å²) in [5.74, 6) is 0. The molecule has 1 rings (SSSR count). The van der Waals surface area contributed by atoms with Crippen LogP contribution in [0.25, 0.3) is 0 Å². The van der Waals surface area contributed by atoms with Crippen LogP contribution in [0.4, 0.5) is 4.79 Å². The van der Waals surface area contributed by atoms with Gasteiger partial charge in [-0.05, 0) is 13.0 Å². The summed E-state index contributed by atoms with van der Waals surface area (Å²) in [6.07, 6.45) is 1.01. The summed E-state index contributed by atoms with van der Waals surface area (Å²) >= 11 is 0. The Hall–Kier alpha value is -0.480. The van der Waals surface area contributed by atoms with Crippen LogP contribution in [0.2, 0.25) is 0 Å². The van der Waals surface area contributed by atoms with Gasteiger partial charge in [0.15, 0.2) is 0 Å². The zero-order valence-electron chi connectivity index (χ0n) is 6.54. The van der Waals surface area contributed by atoms with Crippen molar-refractivity contribution in [2.75, 3.05) is 20.1 Å². The maximum absolute atomic E-state index is 10.6. The summed E-state index contributed by atoms with van der Waals surface area (Å²) in [7, 11) is 1.74. The Balaban J connectivity index is 0.000001000. The topological polar surface area (TPSA) is 58.4 Å². The number of halogens is 1. The van der Waals surface area contributed by atoms with Gasteiger partial charge in [-0.1, -0.05) is 0 Å². The van der Waals surface area contributed by atoms with Gasteiger partial charge >= 0.3 is 6.03 Å². The van der Waals surface area contributed by atoms with Crippen LogP contribution in [0.15, 0.2) is 0 Å². The van der Waals surface area contributed by atoms with Crippen LogP contribution < -0.4 is 11.1 Å². The van der Waals surface area contributed by atoms with Gasteiger partial charge in [-0.3, -0.25) is 0 Å². The number of primary amides is 1. The quantitative estimate of drug-likeness (QED) is 0.585. The van der Waals surface area contributed by atoms with Crippen LogP contribution >= 0.6 is 12.4 Å². The SMILES string of the molecule is CN(C(N)=O)[C@@H]1CCNC1.Cl. The number of amides is 2. The highest BCUT2D eigenvalue weighted by Gasteiger charge is 2.20. The van der Waals surface area contributed by atoms with E-state index in [-0.39, 0.29) is 18.4 Å². The molecule has 1 heterocycles. The Morgan fingerprint density at radius 2 is 2.36 bits per heavy atom. The normalized spacial score (nSPS) is 22.5. The average Bonchev–Trinajstić information content (AvgIpc) is 2.36. The molecule has 0 radical (unpaired) electrons. The van der Waals surface area contributed by atoms with Gasteiger partial charge in [0.05, 0.1) is 0 Å². The fraction of sp³-hybridized carbons (Fsp3) is 0.833. The maximum Gasteiger partial charge on any atom is 0.314 e. The van der Waals surface area contributed by atoms with Crippen molar-refractivity contribution in [3.05, 3.63) is 0 Å². The van der Waals surface area contributed by atoms with Gasteiger partial charge in [-0.2, -0.15) is 0 Å². The molecule has 0 bridgehead atoms. The molecule has 4 nitrogen and oxygen atoms in total. The highest BCUT2D eigenvalue weighted by molar-refractivity contribution is 5.85. The number of carbonyl (C=O) groups is 1. The first kappa shape index (κ1) is 10.5. The van der Waals surface area contributed by atoms with Crippen molar-refractivity contribution in [1.82, 2.24) is 10.2 Å². The van der Waals surface area contributed by atoms with E-state index in [2.05, 4.69) is 5.32 Å². The number of nitrogens with zero attached hydrogens (tertiary/aromatic N) is 1. The van der Waals surface area contributed by atoms with Crippen LogP contribution in [0.5, 0.6) is 0 Å². The van der Waals surface area contributed by atoms with E-state index in [0.29, 0.717) is 6.04 Å². The monoisotopic (exact) mass is 179 g/mol. The van der Waals surface area contributed by atoms with Gasteiger partial charge in [0.25, 0.3) is 0 Å². The number of urea groups is 1. The molecule has 0 aromatic rings. The van der Waals surface area contributed by atoms with E-state index in [1.807, 2.05) is 0 Å². The fourth-order valence-electron chi connectivity index (χ4n) is 1.15. The predicted molar refractivity (Wildman–Crippen MR) is 45.9 cm³/mol. The van der Waals surface area contributed by atoms with Crippen molar-refractivity contribution in [1.29, 1.82) is 0 Å². The predicted octanol–water partition coefficient (Wildman–Crippen LogP) is -0.219. The molecule has 1 saturated heterocycles. The van der Waals surface area contributed by atoms with Crippen molar-refractivity contribution < 1.29 is 4.79 Å². The molecule has 0 aromatic carbocycles. The Labute approximate surface area is 72.5 Å². The van der Waals surface area contributed by atoms with E-state index < -0.39 is 0 Å². The van der Waals surface area contributed by atoms with Crippen LogP contribution in [0.1, 0.15) is 6.42 Å². The molecule has 11 heavy (non-hydrogen) atoms. The Morgan fingerprint density at radius 1 is 1.73 bits per heavy atom. The lowest BCUT2D eigenvalue weighted by atomic mass is 10.2. The Kier molecular flexibility index (Phi) is 4.22. The molecular weight excluding hydrogens is 166 g/mol. The number of carbonyl (C=O) groups excluding carboxylic acids is 1. The molecule has 1 fully saturated rings. The van der Waals surface area contributed by atoms with Crippen LogP contribution in [0, 0.1) is 0 Å². The minimum absolute atomic E-state index is 0. The Bertz CT molecular complexity index is 136. The van der Waals surface area contributed by atoms with Gasteiger partial charge in [0.1, 0.15) is 0 Å². The van der Waals surface area contributed by atoms with E-state index in [4.69, 9.17) is 5.73 Å². The minimum atomic E-state index is -0.339. The smallest absolute Gasteiger partial charge is 0.314 e. The summed E-state index contributed by atoms with van der Waals surface area (Å²) in [5, 5.41) is 3.16. The molecule has 66 valence electrons. The molecule has 0 aromatic heterocycles. The molecule has 5 heteroatoms. The third kappa shape index (κ3) is 2.55. The zero-order valence-corrected chi connectivity index (χ0v) is 7.36. The van der Waals surface area contributed by atoms with Gasteiger partial charge < -0.3 is 16.0 Å². The van der Waals surface area contributed by atoms with Crippen molar-refractivity contribution in [3.63, 3.8) is 0 Å². The largest absolute Gasteiger partial charge is 0.351 e. The molecule has 0 unspecified atom stereocenters. The molecule has 1 aliphatic rings. The molecule has 1 aliphatic heterocycles. The highest BCUT2D eigenvalue weighted by Crippen LogP contribution is 2.04. The van der Waals surface area contributed by atoms with Gasteiger partial charge in [0.2, 0.25) is 0 Å². The number of nitrogens with one attached hydrogen (secondary N) is 1. The Morgan fingerprint density at radius 3 is 2.73 bits per heavy atom. The second kappa shape index (κ2) is 4.41. The lowest BCUT2D eigenvalue weighted by Gasteiger charge is -2.20. The van der Waals surface area contributed by atoms with Gasteiger partial charge in [-0.15, -0.1) is 12.4 Å². The number of likely N-dealkylation sites (N-methyl/N-ethyl adjacent to an activating group) is 1. The number of nitrogens with two attached hydrogens (primary N) is 1. The molecule has 1 atom stereocenters. The zero-order chi connectivity index (χ0) is 7.56. The fourth-order valence-corrected chi connectivity index (χ4v) is 1.15. The van der Waals surface area contributed by atoms with E-state index in [9.17, 15) is 4.79 Å². The van der Waals surface area contributed by atoms with Crippen LogP contribution in [-0.4, -0.2) is 37.1 Å². The lowest BCUT2D eigenvalue weighted by molar-refractivity contribution is 0.203. The van der Waals surface area contributed by atoms with Crippen molar-refractivity contribution in [2.24, 2.45) is 5.73 Å². The minimum Gasteiger partial charge on any atom is -0.351 e. The number of hydrogen-bond donors (Lipinski definition) is 2. The average molecular weight is 180 g/mol. The summed E-state index contributed by atoms with van der Waals surface area (Å²) in [4.78, 5) is 12.2. The van der Waals surface area contributed by atoms with Crippen molar-refractivity contribution >= 4 is 18.4 Å². The first-order valence-corrected chi connectivity index (χ1v) is 3.45. The summed E-state index contributed by atoms with van der Waals surface area (Å²) < 4.78 is 0. The maximum atomic E-state index is 10.6. The standard InChI is InChI=1S/C6H13N3O.ClH/c1-9(6(7)10)5-2-3-8-4-5;/h5,8H,2-4H2,1H3,(H2,7,10);1H/t5-;/m1./s1. The van der Waals surface area contributed by atoms with E-state index in [1.54, 1.807) is 11.9 Å². The van der Waals surface area contributed by atoms with E-state index >= 15 is 0 Å². The van der Waals surface area contributed by atoms with Gasteiger partial charge in [0, 0.05) is 19.6 Å². The molecule has 3 N–H and O–H groups in total. The summed E-state index contributed by atoms with van der Waals surface area (Å²) in [5.41, 5.74) is 5.08. The molecule has 2 amide bonds. The summed E-state index contributed by atoms with van der Waals surface area (Å²) in [6.45, 7) is 1.86. The van der Waals surface area contributed by atoms with Crippen LogP contribution in [0.3, 0.4) is 0 Å². The van der Waals surface area contributed by atoms with E-state index in [0.717, 1.165) is 19.5 Å². The first-order valence-electron chi connectivity index (χ1n) is 3.45. The second-order valence-corrected chi connectivity index (χ2v) is 2.60. The van der Waals surface area contributed by atoms with Crippen LogP contribution in [-0.2, 0) is 0 Å². The van der Waals surface area contributed by atoms with Crippen molar-refractivity contribution in [2.45, 2.75) is 12.5 Å². The molecular formula is C6H14ClN3O. The molecule has 0 spiro atoms. The third-order valence-corrected chi connectivity index (χ3v) is 1.93. The number of rotatable bonds is 1. The second-order valence-electron chi connectivity index (χ2n) is 2.60. The van der Waals surface area contributed by atoms with Crippen molar-refractivity contribution in [3.8, 4) is 0 Å². The van der Waals surface area contributed by atoms with E-state index in [1.165, 1.54) is 0 Å². The summed E-state index contributed by atoms with van der Waals surface area (Å²) in [6, 6.07) is -0.0359.